The Morgan fingerprint density at radius 3 is 2.46 bits per heavy atom. The highest BCUT2D eigenvalue weighted by atomic mass is 16.5. The topological polar surface area (TPSA) is 103 Å². The highest BCUT2D eigenvalue weighted by Crippen LogP contribution is 2.17. The van der Waals surface area contributed by atoms with Gasteiger partial charge < -0.3 is 19.5 Å². The molecule has 1 N–H and O–H groups in total. The maximum absolute atomic E-state index is 12.9. The Bertz CT molecular complexity index is 937. The third-order valence-corrected chi connectivity index (χ3v) is 4.85. The summed E-state index contributed by atoms with van der Waals surface area (Å²) < 4.78 is 13.6. The van der Waals surface area contributed by atoms with E-state index in [0.717, 1.165) is 0 Å². The number of morpholine rings is 1. The molecule has 0 unspecified atom stereocenters. The Morgan fingerprint density at radius 1 is 1.18 bits per heavy atom. The standard InChI is InChI=1S/C19H25N3O6/c1-12-9-20(10-13(2)28-12)17(23)11-22-16-8-14(18(24)25)4-5-15(16)21(19(22)26)6-7-27-3/h4-5,8,12-13H,6-7,9-11H2,1-3H3,(H,24,25)/t12-,13+. The summed E-state index contributed by atoms with van der Waals surface area (Å²) in [4.78, 5) is 38.9. The fraction of sp³-hybridized carbons (Fsp3) is 0.526. The van der Waals surface area contributed by atoms with Crippen LogP contribution in [-0.2, 0) is 27.4 Å². The Hall–Kier alpha value is -2.65. The van der Waals surface area contributed by atoms with Crippen LogP contribution in [-0.4, -0.2) is 70.0 Å². The minimum atomic E-state index is -1.09. The molecule has 1 aromatic heterocycles. The second-order valence-corrected chi connectivity index (χ2v) is 7.08. The molecular weight excluding hydrogens is 366 g/mol. The quantitative estimate of drug-likeness (QED) is 0.781. The average molecular weight is 391 g/mol. The van der Waals surface area contributed by atoms with Gasteiger partial charge in [0.25, 0.3) is 0 Å². The summed E-state index contributed by atoms with van der Waals surface area (Å²) in [6, 6.07) is 4.47. The maximum atomic E-state index is 12.9. The van der Waals surface area contributed by atoms with E-state index < -0.39 is 5.97 Å². The Labute approximate surface area is 162 Å². The summed E-state index contributed by atoms with van der Waals surface area (Å²) in [6.07, 6.45) is -0.155. The lowest BCUT2D eigenvalue weighted by Gasteiger charge is -2.35. The average Bonchev–Trinajstić information content (AvgIpc) is 2.90. The van der Waals surface area contributed by atoms with Crippen molar-refractivity contribution in [2.75, 3.05) is 26.8 Å². The lowest BCUT2D eigenvalue weighted by molar-refractivity contribution is -0.143. The summed E-state index contributed by atoms with van der Waals surface area (Å²) in [6.45, 7) is 5.20. The van der Waals surface area contributed by atoms with Crippen LogP contribution < -0.4 is 5.69 Å². The smallest absolute Gasteiger partial charge is 0.335 e. The van der Waals surface area contributed by atoms with Crippen molar-refractivity contribution in [1.29, 1.82) is 0 Å². The number of carbonyl (C=O) groups excluding carboxylic acids is 1. The molecule has 1 aliphatic rings. The maximum Gasteiger partial charge on any atom is 0.335 e. The van der Waals surface area contributed by atoms with Gasteiger partial charge in [0.2, 0.25) is 5.91 Å². The molecule has 28 heavy (non-hydrogen) atoms. The zero-order valence-electron chi connectivity index (χ0n) is 16.3. The molecule has 0 aliphatic carbocycles. The van der Waals surface area contributed by atoms with E-state index in [4.69, 9.17) is 9.47 Å². The summed E-state index contributed by atoms with van der Waals surface area (Å²) >= 11 is 0. The highest BCUT2D eigenvalue weighted by molar-refractivity contribution is 5.93. The molecule has 1 aliphatic heterocycles. The molecule has 2 heterocycles. The molecule has 2 atom stereocenters. The number of aromatic nitrogens is 2. The zero-order valence-corrected chi connectivity index (χ0v) is 16.3. The highest BCUT2D eigenvalue weighted by Gasteiger charge is 2.27. The van der Waals surface area contributed by atoms with Crippen LogP contribution in [0.5, 0.6) is 0 Å². The number of carboxylic acids is 1. The molecule has 1 saturated heterocycles. The molecule has 152 valence electrons. The summed E-state index contributed by atoms with van der Waals surface area (Å²) in [5.74, 6) is -1.29. The first-order valence-corrected chi connectivity index (χ1v) is 9.20. The normalized spacial score (nSPS) is 19.9. The first-order valence-electron chi connectivity index (χ1n) is 9.20. The molecule has 1 fully saturated rings. The number of rotatable bonds is 6. The lowest BCUT2D eigenvalue weighted by Crippen LogP contribution is -2.49. The van der Waals surface area contributed by atoms with E-state index >= 15 is 0 Å². The van der Waals surface area contributed by atoms with E-state index in [1.807, 2.05) is 13.8 Å². The van der Waals surface area contributed by atoms with Gasteiger partial charge in [0.05, 0.1) is 42.0 Å². The van der Waals surface area contributed by atoms with Crippen molar-refractivity contribution in [3.05, 3.63) is 34.2 Å². The van der Waals surface area contributed by atoms with Crippen molar-refractivity contribution in [1.82, 2.24) is 14.0 Å². The van der Waals surface area contributed by atoms with Crippen LogP contribution >= 0.6 is 0 Å². The Morgan fingerprint density at radius 2 is 1.86 bits per heavy atom. The molecule has 9 nitrogen and oxygen atoms in total. The molecular formula is C19H25N3O6. The third-order valence-electron chi connectivity index (χ3n) is 4.85. The van der Waals surface area contributed by atoms with E-state index in [1.165, 1.54) is 28.4 Å². The Balaban J connectivity index is 1.99. The predicted octanol–water partition coefficient (Wildman–Crippen LogP) is 0.783. The number of hydrogen-bond acceptors (Lipinski definition) is 5. The summed E-state index contributed by atoms with van der Waals surface area (Å²) in [5, 5.41) is 9.29. The van der Waals surface area contributed by atoms with Gasteiger partial charge in [-0.2, -0.15) is 0 Å². The van der Waals surface area contributed by atoms with E-state index in [-0.39, 0.29) is 35.9 Å². The number of nitrogens with zero attached hydrogens (tertiary/aromatic N) is 3. The van der Waals surface area contributed by atoms with E-state index in [0.29, 0.717) is 37.3 Å². The molecule has 0 saturated carbocycles. The van der Waals surface area contributed by atoms with Gasteiger partial charge >= 0.3 is 11.7 Å². The van der Waals surface area contributed by atoms with Gasteiger partial charge in [-0.3, -0.25) is 13.9 Å². The van der Waals surface area contributed by atoms with Gasteiger partial charge in [-0.25, -0.2) is 9.59 Å². The Kier molecular flexibility index (Phi) is 5.85. The van der Waals surface area contributed by atoms with Crippen LogP contribution in [0.1, 0.15) is 24.2 Å². The molecule has 0 spiro atoms. The molecule has 0 bridgehead atoms. The van der Waals surface area contributed by atoms with Crippen LogP contribution in [0.25, 0.3) is 11.0 Å². The second kappa shape index (κ2) is 8.15. The molecule has 1 amide bonds. The number of aromatic carboxylic acids is 1. The molecule has 3 rings (SSSR count). The van der Waals surface area contributed by atoms with Crippen molar-refractivity contribution >= 4 is 22.9 Å². The first kappa shape index (κ1) is 20.1. The van der Waals surface area contributed by atoms with Crippen molar-refractivity contribution in [2.45, 2.75) is 39.1 Å². The summed E-state index contributed by atoms with van der Waals surface area (Å²) in [7, 11) is 1.54. The van der Waals surface area contributed by atoms with Gasteiger partial charge in [-0.1, -0.05) is 0 Å². The molecule has 1 aromatic carbocycles. The van der Waals surface area contributed by atoms with Gasteiger partial charge in [-0.05, 0) is 32.0 Å². The van der Waals surface area contributed by atoms with Gasteiger partial charge in [0, 0.05) is 20.2 Å². The van der Waals surface area contributed by atoms with Crippen molar-refractivity contribution in [3.63, 3.8) is 0 Å². The molecule has 2 aromatic rings. The third kappa shape index (κ3) is 3.95. The number of amides is 1. The van der Waals surface area contributed by atoms with E-state index in [1.54, 1.807) is 11.0 Å². The monoisotopic (exact) mass is 391 g/mol. The van der Waals surface area contributed by atoms with E-state index in [2.05, 4.69) is 0 Å². The van der Waals surface area contributed by atoms with Gasteiger partial charge in [0.1, 0.15) is 6.54 Å². The molecule has 0 radical (unpaired) electrons. The van der Waals surface area contributed by atoms with Crippen LogP contribution in [0, 0.1) is 0 Å². The number of fused-ring (bicyclic) bond motifs is 1. The molecule has 9 heteroatoms. The fourth-order valence-electron chi connectivity index (χ4n) is 3.62. The number of ether oxygens (including phenoxy) is 2. The van der Waals surface area contributed by atoms with Crippen molar-refractivity contribution in [3.8, 4) is 0 Å². The predicted molar refractivity (Wildman–Crippen MR) is 102 cm³/mol. The first-order chi connectivity index (χ1) is 13.3. The lowest BCUT2D eigenvalue weighted by atomic mass is 10.2. The number of benzene rings is 1. The van der Waals surface area contributed by atoms with Crippen LogP contribution in [0.3, 0.4) is 0 Å². The van der Waals surface area contributed by atoms with Crippen LogP contribution in [0.15, 0.2) is 23.0 Å². The van der Waals surface area contributed by atoms with Gasteiger partial charge in [0.15, 0.2) is 0 Å². The largest absolute Gasteiger partial charge is 0.478 e. The SMILES string of the molecule is COCCn1c(=O)n(CC(=O)N2C[C@@H](C)O[C@@H](C)C2)c2cc(C(=O)O)ccc21. The number of imidazole rings is 1. The number of carboxylic acid groups (broad SMARTS) is 1. The summed E-state index contributed by atoms with van der Waals surface area (Å²) in [5.41, 5.74) is 0.691. The van der Waals surface area contributed by atoms with Crippen LogP contribution in [0.2, 0.25) is 0 Å². The van der Waals surface area contributed by atoms with Crippen LogP contribution in [0.4, 0.5) is 0 Å². The van der Waals surface area contributed by atoms with Gasteiger partial charge in [-0.15, -0.1) is 0 Å². The minimum Gasteiger partial charge on any atom is -0.478 e. The fourth-order valence-corrected chi connectivity index (χ4v) is 3.62. The number of carbonyl (C=O) groups is 2. The number of hydrogen-bond donors (Lipinski definition) is 1. The van der Waals surface area contributed by atoms with E-state index in [9.17, 15) is 19.5 Å². The minimum absolute atomic E-state index is 0.0613. The zero-order chi connectivity index (χ0) is 20.4. The van der Waals surface area contributed by atoms with Crippen molar-refractivity contribution in [2.24, 2.45) is 0 Å². The second-order valence-electron chi connectivity index (χ2n) is 7.08. The van der Waals surface area contributed by atoms with Crippen molar-refractivity contribution < 1.29 is 24.2 Å². The number of methoxy groups -OCH3 is 1.